The molecule has 0 aliphatic carbocycles. The molecule has 0 unspecified atom stereocenters. The molecule has 126 valence electrons. The van der Waals surface area contributed by atoms with E-state index < -0.39 is 0 Å². The van der Waals surface area contributed by atoms with Crippen LogP contribution in [-0.4, -0.2) is 54.0 Å². The molecule has 0 atom stereocenters. The highest BCUT2D eigenvalue weighted by Crippen LogP contribution is 2.30. The highest BCUT2D eigenvalue weighted by Gasteiger charge is 2.19. The molecule has 0 saturated carbocycles. The Morgan fingerprint density at radius 2 is 1.92 bits per heavy atom. The molecule has 0 radical (unpaired) electrons. The maximum absolute atomic E-state index is 12.4. The molecule has 1 aliphatic rings. The van der Waals surface area contributed by atoms with Gasteiger partial charge in [-0.1, -0.05) is 11.6 Å². The molecule has 1 aromatic heterocycles. The zero-order valence-corrected chi connectivity index (χ0v) is 14.5. The van der Waals surface area contributed by atoms with Crippen molar-refractivity contribution in [3.8, 4) is 0 Å². The van der Waals surface area contributed by atoms with Crippen LogP contribution in [-0.2, 0) is 0 Å². The van der Waals surface area contributed by atoms with E-state index in [0.29, 0.717) is 10.7 Å². The first-order valence-corrected chi connectivity index (χ1v) is 8.24. The van der Waals surface area contributed by atoms with E-state index in [2.05, 4.69) is 32.1 Å². The van der Waals surface area contributed by atoms with Crippen LogP contribution in [0, 0.1) is 6.92 Å². The van der Waals surface area contributed by atoms with Crippen molar-refractivity contribution >= 4 is 28.9 Å². The number of halogens is 1. The van der Waals surface area contributed by atoms with Gasteiger partial charge in [0.25, 0.3) is 5.91 Å². The van der Waals surface area contributed by atoms with E-state index in [1.807, 2.05) is 19.1 Å². The Morgan fingerprint density at radius 3 is 2.58 bits per heavy atom. The van der Waals surface area contributed by atoms with Crippen LogP contribution in [0.15, 0.2) is 30.6 Å². The average Bonchev–Trinajstić information content (AvgIpc) is 2.57. The van der Waals surface area contributed by atoms with Crippen molar-refractivity contribution in [3.63, 3.8) is 0 Å². The van der Waals surface area contributed by atoms with Crippen molar-refractivity contribution < 1.29 is 4.79 Å². The number of nitrogens with zero attached hydrogens (tertiary/aromatic N) is 4. The summed E-state index contributed by atoms with van der Waals surface area (Å²) in [5.74, 6) is -0.292. The van der Waals surface area contributed by atoms with Crippen LogP contribution in [0.4, 0.5) is 11.4 Å². The van der Waals surface area contributed by atoms with E-state index in [4.69, 9.17) is 11.6 Å². The largest absolute Gasteiger partial charge is 0.367 e. The number of nitrogens with one attached hydrogen (secondary N) is 1. The lowest BCUT2D eigenvalue weighted by Crippen LogP contribution is -2.44. The number of aryl methyl sites for hydroxylation is 1. The van der Waals surface area contributed by atoms with Gasteiger partial charge < -0.3 is 15.1 Å². The van der Waals surface area contributed by atoms with E-state index in [1.54, 1.807) is 12.3 Å². The zero-order chi connectivity index (χ0) is 17.1. The predicted molar refractivity (Wildman–Crippen MR) is 95.9 cm³/mol. The van der Waals surface area contributed by atoms with E-state index in [1.165, 1.54) is 6.20 Å². The third-order valence-corrected chi connectivity index (χ3v) is 4.30. The Hall–Kier alpha value is -2.18. The van der Waals surface area contributed by atoms with Gasteiger partial charge in [-0.2, -0.15) is 0 Å². The van der Waals surface area contributed by atoms with Crippen LogP contribution >= 0.6 is 11.6 Å². The number of aromatic nitrogens is 2. The van der Waals surface area contributed by atoms with E-state index in [-0.39, 0.29) is 11.6 Å². The minimum Gasteiger partial charge on any atom is -0.367 e. The van der Waals surface area contributed by atoms with Gasteiger partial charge in [0, 0.05) is 37.4 Å². The third kappa shape index (κ3) is 3.83. The van der Waals surface area contributed by atoms with Crippen LogP contribution < -0.4 is 10.2 Å². The van der Waals surface area contributed by atoms with Crippen molar-refractivity contribution in [2.45, 2.75) is 6.92 Å². The predicted octanol–water partition coefficient (Wildman–Crippen LogP) is 2.44. The molecule has 1 aromatic carbocycles. The van der Waals surface area contributed by atoms with Crippen LogP contribution in [0.2, 0.25) is 5.02 Å². The first kappa shape index (κ1) is 16.7. The molecule has 1 saturated heterocycles. The smallest absolute Gasteiger partial charge is 0.275 e. The number of amides is 1. The number of carbonyl (C=O) groups excluding carboxylic acids is 1. The Balaban J connectivity index is 1.82. The van der Waals surface area contributed by atoms with Gasteiger partial charge in [0.05, 0.1) is 23.3 Å². The van der Waals surface area contributed by atoms with Gasteiger partial charge in [-0.05, 0) is 32.2 Å². The van der Waals surface area contributed by atoms with Crippen LogP contribution in [0.3, 0.4) is 0 Å². The van der Waals surface area contributed by atoms with Crippen molar-refractivity contribution in [1.29, 1.82) is 0 Å². The normalized spacial score (nSPS) is 15.4. The second-order valence-electron chi connectivity index (χ2n) is 5.95. The zero-order valence-electron chi connectivity index (χ0n) is 13.8. The molecule has 6 nitrogen and oxygen atoms in total. The molecule has 3 rings (SSSR count). The number of likely N-dealkylation sites (N-methyl/N-ethyl adjacent to an activating group) is 1. The number of carbonyl (C=O) groups is 1. The molecule has 7 heteroatoms. The molecular formula is C17H20ClN5O. The van der Waals surface area contributed by atoms with E-state index in [0.717, 1.165) is 37.6 Å². The summed E-state index contributed by atoms with van der Waals surface area (Å²) in [7, 11) is 2.11. The first-order chi connectivity index (χ1) is 11.5. The maximum atomic E-state index is 12.4. The number of piperazine rings is 1. The van der Waals surface area contributed by atoms with Gasteiger partial charge in [0.1, 0.15) is 5.69 Å². The molecule has 1 amide bonds. The van der Waals surface area contributed by atoms with Crippen molar-refractivity contribution in [3.05, 3.63) is 47.0 Å². The van der Waals surface area contributed by atoms with Crippen molar-refractivity contribution in [2.24, 2.45) is 0 Å². The number of hydrogen-bond donors (Lipinski definition) is 1. The fourth-order valence-electron chi connectivity index (χ4n) is 2.63. The van der Waals surface area contributed by atoms with E-state index in [9.17, 15) is 4.79 Å². The molecule has 24 heavy (non-hydrogen) atoms. The van der Waals surface area contributed by atoms with Crippen LogP contribution in [0.5, 0.6) is 0 Å². The van der Waals surface area contributed by atoms with Gasteiger partial charge >= 0.3 is 0 Å². The quantitative estimate of drug-likeness (QED) is 0.925. The number of rotatable bonds is 3. The maximum Gasteiger partial charge on any atom is 0.275 e. The fraction of sp³-hybridized carbons (Fsp3) is 0.353. The fourth-order valence-corrected chi connectivity index (χ4v) is 2.80. The van der Waals surface area contributed by atoms with E-state index >= 15 is 0 Å². The topological polar surface area (TPSA) is 61.4 Å². The summed E-state index contributed by atoms with van der Waals surface area (Å²) in [4.78, 5) is 25.2. The van der Waals surface area contributed by atoms with Gasteiger partial charge in [0.15, 0.2) is 0 Å². The minimum atomic E-state index is -0.292. The number of hydrogen-bond acceptors (Lipinski definition) is 5. The first-order valence-electron chi connectivity index (χ1n) is 7.86. The summed E-state index contributed by atoms with van der Waals surface area (Å²) < 4.78 is 0. The monoisotopic (exact) mass is 345 g/mol. The van der Waals surface area contributed by atoms with Gasteiger partial charge in [0.2, 0.25) is 0 Å². The molecule has 0 bridgehead atoms. The molecule has 1 aliphatic heterocycles. The number of anilines is 2. The Labute approximate surface area is 146 Å². The summed E-state index contributed by atoms with van der Waals surface area (Å²) in [5, 5.41) is 3.50. The summed E-state index contributed by atoms with van der Waals surface area (Å²) in [6.07, 6.45) is 3.05. The summed E-state index contributed by atoms with van der Waals surface area (Å²) >= 11 is 6.12. The van der Waals surface area contributed by atoms with Gasteiger partial charge in [-0.25, -0.2) is 4.98 Å². The minimum absolute atomic E-state index is 0.282. The molecule has 1 fully saturated rings. The van der Waals surface area contributed by atoms with Gasteiger partial charge in [-0.15, -0.1) is 0 Å². The number of benzene rings is 1. The highest BCUT2D eigenvalue weighted by molar-refractivity contribution is 6.31. The Bertz CT molecular complexity index is 726. The lowest BCUT2D eigenvalue weighted by molar-refractivity contribution is 0.102. The molecule has 2 aromatic rings. The molecular weight excluding hydrogens is 326 g/mol. The second kappa shape index (κ2) is 7.15. The SMILES string of the molecule is Cc1cnc(C(=O)Nc2cc(Cl)ccc2N2CCN(C)CC2)cn1. The highest BCUT2D eigenvalue weighted by atomic mass is 35.5. The lowest BCUT2D eigenvalue weighted by atomic mass is 10.2. The third-order valence-electron chi connectivity index (χ3n) is 4.06. The van der Waals surface area contributed by atoms with Crippen LogP contribution in [0.1, 0.15) is 16.2 Å². The summed E-state index contributed by atoms with van der Waals surface area (Å²) in [6.45, 7) is 5.62. The second-order valence-corrected chi connectivity index (χ2v) is 6.39. The van der Waals surface area contributed by atoms with Crippen molar-refractivity contribution in [2.75, 3.05) is 43.4 Å². The molecule has 2 heterocycles. The average molecular weight is 346 g/mol. The lowest BCUT2D eigenvalue weighted by Gasteiger charge is -2.35. The molecule has 0 spiro atoms. The summed E-state index contributed by atoms with van der Waals surface area (Å²) in [5.41, 5.74) is 2.72. The molecule has 1 N–H and O–H groups in total. The van der Waals surface area contributed by atoms with Gasteiger partial charge in [-0.3, -0.25) is 9.78 Å². The Kier molecular flexibility index (Phi) is 4.97. The standard InChI is InChI=1S/C17H20ClN5O/c1-12-10-20-15(11-19-12)17(24)21-14-9-13(18)3-4-16(14)23-7-5-22(2)6-8-23/h3-4,9-11H,5-8H2,1-2H3,(H,21,24). The summed E-state index contributed by atoms with van der Waals surface area (Å²) in [6, 6.07) is 5.56. The Morgan fingerprint density at radius 1 is 1.17 bits per heavy atom. The van der Waals surface area contributed by atoms with Crippen LogP contribution in [0.25, 0.3) is 0 Å². The van der Waals surface area contributed by atoms with Crippen molar-refractivity contribution in [1.82, 2.24) is 14.9 Å².